The summed E-state index contributed by atoms with van der Waals surface area (Å²) in [7, 11) is 1.57. The number of hydrogen-bond acceptors (Lipinski definition) is 3. The molecule has 0 spiro atoms. The van der Waals surface area contributed by atoms with Crippen LogP contribution in [0.2, 0.25) is 0 Å². The molecular formula is C12H12O3. The second-order valence-corrected chi connectivity index (χ2v) is 3.24. The minimum absolute atomic E-state index is 0.324. The van der Waals surface area contributed by atoms with Crippen LogP contribution in [0.4, 0.5) is 0 Å². The van der Waals surface area contributed by atoms with Gasteiger partial charge in [0.15, 0.2) is 0 Å². The summed E-state index contributed by atoms with van der Waals surface area (Å²) in [6.07, 6.45) is 0.676. The first-order valence-corrected chi connectivity index (χ1v) is 4.86. The summed E-state index contributed by atoms with van der Waals surface area (Å²) in [5, 5.41) is 0. The molecule has 0 amide bonds. The van der Waals surface area contributed by atoms with Crippen molar-refractivity contribution in [2.75, 3.05) is 7.11 Å². The van der Waals surface area contributed by atoms with Crippen molar-refractivity contribution in [1.82, 2.24) is 0 Å². The molecule has 0 N–H and O–H groups in total. The van der Waals surface area contributed by atoms with Gasteiger partial charge in [-0.05, 0) is 6.07 Å². The molecule has 1 aliphatic rings. The standard InChI is InChI=1S/C12H12O3/c1-3-9(14-2)11-8-6-4-5-7-10(8)15-12(11)13/h4-7H,3H2,1-2H3. The molecule has 3 nitrogen and oxygen atoms in total. The monoisotopic (exact) mass is 204 g/mol. The number of esters is 1. The minimum atomic E-state index is -0.324. The third kappa shape index (κ3) is 1.50. The van der Waals surface area contributed by atoms with Crippen molar-refractivity contribution in [3.8, 4) is 5.75 Å². The third-order valence-electron chi connectivity index (χ3n) is 2.41. The maximum Gasteiger partial charge on any atom is 0.347 e. The van der Waals surface area contributed by atoms with Crippen molar-refractivity contribution < 1.29 is 14.3 Å². The highest BCUT2D eigenvalue weighted by Gasteiger charge is 2.29. The Kier molecular flexibility index (Phi) is 2.46. The van der Waals surface area contributed by atoms with Gasteiger partial charge < -0.3 is 9.47 Å². The fourth-order valence-electron chi connectivity index (χ4n) is 1.71. The molecule has 0 aliphatic carbocycles. The van der Waals surface area contributed by atoms with Gasteiger partial charge in [0, 0.05) is 12.0 Å². The summed E-state index contributed by atoms with van der Waals surface area (Å²) in [6.45, 7) is 1.94. The largest absolute Gasteiger partial charge is 0.500 e. The van der Waals surface area contributed by atoms with Gasteiger partial charge in [0.05, 0.1) is 7.11 Å². The Bertz CT molecular complexity index is 426. The molecule has 0 radical (unpaired) electrons. The van der Waals surface area contributed by atoms with Crippen LogP contribution in [0.15, 0.2) is 30.0 Å². The highest BCUT2D eigenvalue weighted by atomic mass is 16.5. The fourth-order valence-corrected chi connectivity index (χ4v) is 1.71. The molecule has 0 fully saturated rings. The molecule has 1 aliphatic heterocycles. The fraction of sp³-hybridized carbons (Fsp3) is 0.250. The normalized spacial score (nSPS) is 17.1. The Morgan fingerprint density at radius 1 is 1.40 bits per heavy atom. The number of allylic oxidation sites excluding steroid dienone is 1. The van der Waals surface area contributed by atoms with Gasteiger partial charge in [-0.15, -0.1) is 0 Å². The molecule has 0 atom stereocenters. The number of carbonyl (C=O) groups is 1. The van der Waals surface area contributed by atoms with E-state index >= 15 is 0 Å². The van der Waals surface area contributed by atoms with E-state index in [2.05, 4.69) is 0 Å². The highest BCUT2D eigenvalue weighted by molar-refractivity contribution is 6.22. The molecule has 78 valence electrons. The summed E-state index contributed by atoms with van der Waals surface area (Å²) in [4.78, 5) is 11.6. The molecular weight excluding hydrogens is 192 g/mol. The average molecular weight is 204 g/mol. The molecule has 0 saturated heterocycles. The Hall–Kier alpha value is -1.77. The summed E-state index contributed by atoms with van der Waals surface area (Å²) in [5.41, 5.74) is 1.37. The third-order valence-corrected chi connectivity index (χ3v) is 2.41. The second kappa shape index (κ2) is 3.77. The number of ether oxygens (including phenoxy) is 2. The molecule has 3 heteroatoms. The van der Waals surface area contributed by atoms with Gasteiger partial charge in [-0.2, -0.15) is 0 Å². The van der Waals surface area contributed by atoms with Gasteiger partial charge in [-0.3, -0.25) is 0 Å². The van der Waals surface area contributed by atoms with Gasteiger partial charge in [0.25, 0.3) is 0 Å². The van der Waals surface area contributed by atoms with Crippen LogP contribution in [0.1, 0.15) is 18.9 Å². The van der Waals surface area contributed by atoms with Crippen LogP contribution < -0.4 is 4.74 Å². The minimum Gasteiger partial charge on any atom is -0.500 e. The molecule has 15 heavy (non-hydrogen) atoms. The molecule has 1 aromatic rings. The molecule has 0 saturated carbocycles. The van der Waals surface area contributed by atoms with Crippen molar-refractivity contribution in [3.63, 3.8) is 0 Å². The zero-order valence-electron chi connectivity index (χ0n) is 8.74. The van der Waals surface area contributed by atoms with Crippen molar-refractivity contribution in [3.05, 3.63) is 35.6 Å². The van der Waals surface area contributed by atoms with E-state index in [0.717, 1.165) is 5.56 Å². The van der Waals surface area contributed by atoms with E-state index in [0.29, 0.717) is 23.5 Å². The first-order valence-electron chi connectivity index (χ1n) is 4.86. The number of fused-ring (bicyclic) bond motifs is 1. The Morgan fingerprint density at radius 2 is 2.13 bits per heavy atom. The molecule has 1 heterocycles. The summed E-state index contributed by atoms with van der Waals surface area (Å²) >= 11 is 0. The van der Waals surface area contributed by atoms with Crippen LogP contribution in [-0.2, 0) is 9.53 Å². The molecule has 0 unspecified atom stereocenters. The SMILES string of the molecule is CCC(OC)=C1C(=O)Oc2ccccc21. The molecule has 2 rings (SSSR count). The number of methoxy groups -OCH3 is 1. The van der Waals surface area contributed by atoms with Gasteiger partial charge in [0.2, 0.25) is 0 Å². The van der Waals surface area contributed by atoms with E-state index in [1.165, 1.54) is 0 Å². The first-order chi connectivity index (χ1) is 7.27. The van der Waals surface area contributed by atoms with Crippen LogP contribution in [-0.4, -0.2) is 13.1 Å². The average Bonchev–Trinajstić information content (AvgIpc) is 2.58. The Labute approximate surface area is 88.3 Å². The first kappa shape index (κ1) is 9.77. The molecule has 1 aromatic carbocycles. The lowest BCUT2D eigenvalue weighted by Gasteiger charge is -2.05. The number of carbonyl (C=O) groups excluding carboxylic acids is 1. The molecule has 0 bridgehead atoms. The van der Waals surface area contributed by atoms with Crippen LogP contribution in [0, 0.1) is 0 Å². The van der Waals surface area contributed by atoms with Crippen molar-refractivity contribution in [2.45, 2.75) is 13.3 Å². The van der Waals surface area contributed by atoms with Crippen molar-refractivity contribution in [2.24, 2.45) is 0 Å². The summed E-state index contributed by atoms with van der Waals surface area (Å²) in [6, 6.07) is 7.37. The van der Waals surface area contributed by atoms with Gasteiger partial charge in [-0.25, -0.2) is 4.79 Å². The smallest absolute Gasteiger partial charge is 0.347 e. The van der Waals surface area contributed by atoms with Gasteiger partial charge in [-0.1, -0.05) is 25.1 Å². The quantitative estimate of drug-likeness (QED) is 0.321. The maximum atomic E-state index is 11.6. The predicted octanol–water partition coefficient (Wildman–Crippen LogP) is 2.37. The lowest BCUT2D eigenvalue weighted by atomic mass is 10.1. The van der Waals surface area contributed by atoms with Crippen LogP contribution in [0.25, 0.3) is 5.57 Å². The zero-order valence-corrected chi connectivity index (χ0v) is 8.74. The lowest BCUT2D eigenvalue weighted by molar-refractivity contribution is -0.127. The van der Waals surface area contributed by atoms with Crippen molar-refractivity contribution in [1.29, 1.82) is 0 Å². The van der Waals surface area contributed by atoms with E-state index in [4.69, 9.17) is 9.47 Å². The second-order valence-electron chi connectivity index (χ2n) is 3.24. The van der Waals surface area contributed by atoms with E-state index in [-0.39, 0.29) is 5.97 Å². The number of para-hydroxylation sites is 1. The van der Waals surface area contributed by atoms with E-state index in [1.807, 2.05) is 25.1 Å². The Balaban J connectivity index is 2.59. The van der Waals surface area contributed by atoms with E-state index in [1.54, 1.807) is 13.2 Å². The zero-order chi connectivity index (χ0) is 10.8. The van der Waals surface area contributed by atoms with Gasteiger partial charge in [0.1, 0.15) is 17.1 Å². The topological polar surface area (TPSA) is 35.5 Å². The van der Waals surface area contributed by atoms with Gasteiger partial charge >= 0.3 is 5.97 Å². The Morgan fingerprint density at radius 3 is 2.80 bits per heavy atom. The van der Waals surface area contributed by atoms with Crippen LogP contribution in [0.3, 0.4) is 0 Å². The van der Waals surface area contributed by atoms with Crippen LogP contribution >= 0.6 is 0 Å². The molecule has 0 aromatic heterocycles. The van der Waals surface area contributed by atoms with Crippen molar-refractivity contribution >= 4 is 11.5 Å². The van der Waals surface area contributed by atoms with Crippen LogP contribution in [0.5, 0.6) is 5.75 Å². The highest BCUT2D eigenvalue weighted by Crippen LogP contribution is 2.36. The van der Waals surface area contributed by atoms with E-state index < -0.39 is 0 Å². The predicted molar refractivity (Wildman–Crippen MR) is 56.3 cm³/mol. The number of rotatable bonds is 2. The number of hydrogen-bond donors (Lipinski definition) is 0. The summed E-state index contributed by atoms with van der Waals surface area (Å²) in [5.74, 6) is 0.959. The van der Waals surface area contributed by atoms with E-state index in [9.17, 15) is 4.79 Å². The number of benzene rings is 1. The lowest BCUT2D eigenvalue weighted by Crippen LogP contribution is -2.04. The summed E-state index contributed by atoms with van der Waals surface area (Å²) < 4.78 is 10.3. The maximum absolute atomic E-state index is 11.6.